The molecule has 2 rings (SSSR count). The van der Waals surface area contributed by atoms with Gasteiger partial charge in [-0.1, -0.05) is 6.92 Å². The fourth-order valence-electron chi connectivity index (χ4n) is 1.77. The molecule has 0 bridgehead atoms. The van der Waals surface area contributed by atoms with E-state index in [4.69, 9.17) is 0 Å². The number of hydrogen-bond donors (Lipinski definition) is 2. The molecule has 0 spiro atoms. The van der Waals surface area contributed by atoms with Crippen LogP contribution in [0.3, 0.4) is 0 Å². The number of pyridine rings is 1. The van der Waals surface area contributed by atoms with Gasteiger partial charge in [-0.3, -0.25) is 14.4 Å². The van der Waals surface area contributed by atoms with Crippen molar-refractivity contribution >= 4 is 15.7 Å². The highest BCUT2D eigenvalue weighted by molar-refractivity contribution is 7.92. The van der Waals surface area contributed by atoms with Crippen LogP contribution in [0.4, 0.5) is 5.69 Å². The van der Waals surface area contributed by atoms with Gasteiger partial charge in [-0.2, -0.15) is 5.10 Å². The van der Waals surface area contributed by atoms with Crippen LogP contribution >= 0.6 is 0 Å². The molecule has 0 radical (unpaired) electrons. The molecule has 7 nitrogen and oxygen atoms in total. The van der Waals surface area contributed by atoms with Gasteiger partial charge in [-0.05, 0) is 25.6 Å². The Labute approximate surface area is 124 Å². The first kappa shape index (κ1) is 15.5. The maximum atomic E-state index is 12.3. The van der Waals surface area contributed by atoms with Crippen molar-refractivity contribution in [2.45, 2.75) is 25.3 Å². The first-order valence-electron chi connectivity index (χ1n) is 6.70. The Balaban J connectivity index is 2.11. The van der Waals surface area contributed by atoms with Crippen LogP contribution in [0, 0.1) is 6.92 Å². The molecule has 0 unspecified atom stereocenters. The van der Waals surface area contributed by atoms with Crippen LogP contribution in [0.15, 0.2) is 35.6 Å². The van der Waals surface area contributed by atoms with Gasteiger partial charge in [-0.25, -0.2) is 8.42 Å². The summed E-state index contributed by atoms with van der Waals surface area (Å²) in [6.07, 6.45) is 4.48. The molecule has 2 aromatic rings. The highest BCUT2D eigenvalue weighted by Gasteiger charge is 2.17. The van der Waals surface area contributed by atoms with Gasteiger partial charge in [0.25, 0.3) is 10.0 Å². The Bertz CT molecular complexity index is 696. The van der Waals surface area contributed by atoms with Crippen molar-refractivity contribution in [1.29, 1.82) is 0 Å². The third-order valence-electron chi connectivity index (χ3n) is 2.94. The number of likely N-dealkylation sites (N-methyl/N-ethyl adjacent to an activating group) is 1. The zero-order valence-electron chi connectivity index (χ0n) is 12.1. The third kappa shape index (κ3) is 4.02. The molecule has 0 fully saturated rings. The number of aryl methyl sites for hydroxylation is 1. The smallest absolute Gasteiger partial charge is 0.265 e. The quantitative estimate of drug-likeness (QED) is 0.745. The molecule has 0 aliphatic heterocycles. The molecule has 0 amide bonds. The van der Waals surface area contributed by atoms with Crippen LogP contribution < -0.4 is 10.0 Å². The van der Waals surface area contributed by atoms with Gasteiger partial charge >= 0.3 is 0 Å². The van der Waals surface area contributed by atoms with E-state index >= 15 is 0 Å². The van der Waals surface area contributed by atoms with Crippen molar-refractivity contribution in [3.63, 3.8) is 0 Å². The highest BCUT2D eigenvalue weighted by Crippen LogP contribution is 2.17. The number of hydrogen-bond acceptors (Lipinski definition) is 5. The molecule has 0 saturated carbocycles. The van der Waals surface area contributed by atoms with Crippen molar-refractivity contribution in [3.05, 3.63) is 36.4 Å². The summed E-state index contributed by atoms with van der Waals surface area (Å²) in [5.41, 5.74) is 1.10. The van der Waals surface area contributed by atoms with Gasteiger partial charge in [0.05, 0.1) is 24.1 Å². The number of rotatable bonds is 7. The summed E-state index contributed by atoms with van der Waals surface area (Å²) < 4.78 is 28.7. The van der Waals surface area contributed by atoms with E-state index in [9.17, 15) is 8.42 Å². The second kappa shape index (κ2) is 6.68. The van der Waals surface area contributed by atoms with Gasteiger partial charge in [0.1, 0.15) is 4.90 Å². The zero-order chi connectivity index (χ0) is 15.3. The van der Waals surface area contributed by atoms with Gasteiger partial charge in [0.2, 0.25) is 0 Å². The molecule has 2 N–H and O–H groups in total. The number of aromatic nitrogens is 3. The number of anilines is 1. The highest BCUT2D eigenvalue weighted by atomic mass is 32.2. The van der Waals surface area contributed by atoms with Crippen LogP contribution in [0.1, 0.15) is 12.6 Å². The third-order valence-corrected chi connectivity index (χ3v) is 4.26. The van der Waals surface area contributed by atoms with E-state index < -0.39 is 10.0 Å². The van der Waals surface area contributed by atoms with E-state index in [1.165, 1.54) is 12.4 Å². The summed E-state index contributed by atoms with van der Waals surface area (Å²) in [7, 11) is -3.64. The Morgan fingerprint density at radius 2 is 2.19 bits per heavy atom. The van der Waals surface area contributed by atoms with Crippen molar-refractivity contribution in [1.82, 2.24) is 20.1 Å². The Kier molecular flexibility index (Phi) is 4.92. The van der Waals surface area contributed by atoms with Crippen LogP contribution in [0.2, 0.25) is 0 Å². The van der Waals surface area contributed by atoms with Gasteiger partial charge in [-0.15, -0.1) is 0 Å². The number of nitrogens with one attached hydrogen (secondary N) is 2. The lowest BCUT2D eigenvalue weighted by atomic mass is 10.3. The van der Waals surface area contributed by atoms with Crippen LogP contribution in [0.5, 0.6) is 0 Å². The molecule has 0 aliphatic carbocycles. The van der Waals surface area contributed by atoms with E-state index in [0.29, 0.717) is 17.9 Å². The minimum Gasteiger partial charge on any atom is -0.315 e. The SMILES string of the molecule is CCNCCn1cc(S(=O)(=O)Nc2cccnc2C)cn1. The lowest BCUT2D eigenvalue weighted by Crippen LogP contribution is -2.19. The summed E-state index contributed by atoms with van der Waals surface area (Å²) in [5, 5.41) is 7.22. The molecule has 2 aromatic heterocycles. The fourth-order valence-corrected chi connectivity index (χ4v) is 2.84. The molecule has 8 heteroatoms. The second-order valence-corrected chi connectivity index (χ2v) is 6.22. The second-order valence-electron chi connectivity index (χ2n) is 4.53. The lowest BCUT2D eigenvalue weighted by Gasteiger charge is -2.07. The molecular formula is C13H19N5O2S. The van der Waals surface area contributed by atoms with E-state index in [0.717, 1.165) is 13.1 Å². The van der Waals surface area contributed by atoms with Gasteiger partial charge in [0.15, 0.2) is 0 Å². The summed E-state index contributed by atoms with van der Waals surface area (Å²) in [5.74, 6) is 0. The van der Waals surface area contributed by atoms with Crippen LogP contribution in [-0.2, 0) is 16.6 Å². The monoisotopic (exact) mass is 309 g/mol. The van der Waals surface area contributed by atoms with Gasteiger partial charge in [0, 0.05) is 18.9 Å². The van der Waals surface area contributed by atoms with Crippen LogP contribution in [-0.4, -0.2) is 36.3 Å². The van der Waals surface area contributed by atoms with E-state index in [2.05, 4.69) is 20.1 Å². The minimum atomic E-state index is -3.64. The first-order chi connectivity index (χ1) is 10.0. The molecule has 114 valence electrons. The predicted molar refractivity (Wildman–Crippen MR) is 80.6 cm³/mol. The van der Waals surface area contributed by atoms with Crippen molar-refractivity contribution in [2.24, 2.45) is 0 Å². The van der Waals surface area contributed by atoms with Crippen molar-refractivity contribution in [3.8, 4) is 0 Å². The predicted octanol–water partition coefficient (Wildman–Crippen LogP) is 0.997. The van der Waals surface area contributed by atoms with E-state index in [1.54, 1.807) is 29.9 Å². The average Bonchev–Trinajstić information content (AvgIpc) is 2.91. The number of nitrogens with zero attached hydrogens (tertiary/aromatic N) is 3. The fraction of sp³-hybridized carbons (Fsp3) is 0.385. The average molecular weight is 309 g/mol. The summed E-state index contributed by atoms with van der Waals surface area (Å²) >= 11 is 0. The molecule has 0 aromatic carbocycles. The molecule has 0 saturated heterocycles. The summed E-state index contributed by atoms with van der Waals surface area (Å²) in [6, 6.07) is 3.36. The maximum Gasteiger partial charge on any atom is 0.265 e. The van der Waals surface area contributed by atoms with E-state index in [-0.39, 0.29) is 4.90 Å². The van der Waals surface area contributed by atoms with Crippen molar-refractivity contribution < 1.29 is 8.42 Å². The Morgan fingerprint density at radius 1 is 1.38 bits per heavy atom. The van der Waals surface area contributed by atoms with Crippen molar-refractivity contribution in [2.75, 3.05) is 17.8 Å². The molecule has 21 heavy (non-hydrogen) atoms. The largest absolute Gasteiger partial charge is 0.315 e. The first-order valence-corrected chi connectivity index (χ1v) is 8.19. The summed E-state index contributed by atoms with van der Waals surface area (Å²) in [4.78, 5) is 4.20. The maximum absolute atomic E-state index is 12.3. The normalized spacial score (nSPS) is 11.5. The summed E-state index contributed by atoms with van der Waals surface area (Å²) in [6.45, 7) is 5.99. The molecule has 0 aliphatic rings. The minimum absolute atomic E-state index is 0.141. The molecule has 2 heterocycles. The Hall–Kier alpha value is -1.93. The molecular weight excluding hydrogens is 290 g/mol. The lowest BCUT2D eigenvalue weighted by molar-refractivity contribution is 0.564. The van der Waals surface area contributed by atoms with E-state index in [1.807, 2.05) is 6.92 Å². The topological polar surface area (TPSA) is 88.9 Å². The zero-order valence-corrected chi connectivity index (χ0v) is 12.9. The van der Waals surface area contributed by atoms with Crippen LogP contribution in [0.25, 0.3) is 0 Å². The van der Waals surface area contributed by atoms with Gasteiger partial charge < -0.3 is 5.32 Å². The Morgan fingerprint density at radius 3 is 2.90 bits per heavy atom. The molecule has 0 atom stereocenters. The number of sulfonamides is 1. The standard InChI is InChI=1S/C13H19N5O2S/c1-3-14-7-8-18-10-12(9-16-18)21(19,20)17-13-5-4-6-15-11(13)2/h4-6,9-10,14,17H,3,7-8H2,1-2H3.